The van der Waals surface area contributed by atoms with Crippen molar-refractivity contribution in [2.24, 2.45) is 0 Å². The standard InChI is InChI=1S/C23H25N3O5/c1-16-4-10-20(21(14-16)29-3)31-15-22(27)24-12-13-30-23-11-9-19(25-26-23)17-5-7-18(28-2)8-6-17/h4-11,14H,12-13,15H2,1-3H3,(H,24,27). The molecule has 8 heteroatoms. The number of aryl methyl sites for hydroxylation is 1. The minimum Gasteiger partial charge on any atom is -0.497 e. The fraction of sp³-hybridized carbons (Fsp3) is 0.261. The van der Waals surface area contributed by atoms with E-state index in [1.165, 1.54) is 0 Å². The summed E-state index contributed by atoms with van der Waals surface area (Å²) in [7, 11) is 3.18. The number of amides is 1. The van der Waals surface area contributed by atoms with Crippen molar-refractivity contribution in [3.05, 3.63) is 60.2 Å². The van der Waals surface area contributed by atoms with Crippen LogP contribution in [-0.2, 0) is 4.79 Å². The van der Waals surface area contributed by atoms with Crippen molar-refractivity contribution in [2.45, 2.75) is 6.92 Å². The molecule has 1 N–H and O–H groups in total. The van der Waals surface area contributed by atoms with Crippen molar-refractivity contribution in [1.29, 1.82) is 0 Å². The summed E-state index contributed by atoms with van der Waals surface area (Å²) >= 11 is 0. The van der Waals surface area contributed by atoms with E-state index in [4.69, 9.17) is 18.9 Å². The van der Waals surface area contributed by atoms with Gasteiger partial charge in [0.25, 0.3) is 5.91 Å². The molecule has 0 aliphatic heterocycles. The van der Waals surface area contributed by atoms with Crippen LogP contribution < -0.4 is 24.3 Å². The molecule has 0 saturated heterocycles. The van der Waals surface area contributed by atoms with Gasteiger partial charge in [0.2, 0.25) is 5.88 Å². The molecule has 3 rings (SSSR count). The molecule has 31 heavy (non-hydrogen) atoms. The molecule has 0 aliphatic rings. The first kappa shape index (κ1) is 21.9. The minimum absolute atomic E-state index is 0.115. The molecule has 0 spiro atoms. The summed E-state index contributed by atoms with van der Waals surface area (Å²) in [5, 5.41) is 11.0. The quantitative estimate of drug-likeness (QED) is 0.501. The third kappa shape index (κ3) is 6.33. The van der Waals surface area contributed by atoms with Gasteiger partial charge in [-0.25, -0.2) is 0 Å². The van der Waals surface area contributed by atoms with Crippen LogP contribution >= 0.6 is 0 Å². The Kier molecular flexibility index (Phi) is 7.64. The van der Waals surface area contributed by atoms with Crippen LogP contribution in [0.1, 0.15) is 5.56 Å². The van der Waals surface area contributed by atoms with Crippen LogP contribution in [0, 0.1) is 6.92 Å². The van der Waals surface area contributed by atoms with Gasteiger partial charge in [0.1, 0.15) is 12.4 Å². The molecule has 8 nitrogen and oxygen atoms in total. The van der Waals surface area contributed by atoms with Crippen LogP contribution in [0.15, 0.2) is 54.6 Å². The summed E-state index contributed by atoms with van der Waals surface area (Å²) < 4.78 is 21.5. The van der Waals surface area contributed by atoms with Crippen LogP contribution in [0.5, 0.6) is 23.1 Å². The van der Waals surface area contributed by atoms with Crippen molar-refractivity contribution < 1.29 is 23.7 Å². The van der Waals surface area contributed by atoms with Gasteiger partial charge in [-0.05, 0) is 55.0 Å². The highest BCUT2D eigenvalue weighted by molar-refractivity contribution is 5.77. The average molecular weight is 423 g/mol. The van der Waals surface area contributed by atoms with E-state index in [0.29, 0.717) is 23.9 Å². The molecular formula is C23H25N3O5. The summed E-state index contributed by atoms with van der Waals surface area (Å²) in [6, 6.07) is 16.6. The molecule has 3 aromatic rings. The molecule has 0 atom stereocenters. The Morgan fingerprint density at radius 1 is 0.903 bits per heavy atom. The van der Waals surface area contributed by atoms with Gasteiger partial charge in [0.15, 0.2) is 18.1 Å². The Hall–Kier alpha value is -3.81. The second-order valence-electron chi connectivity index (χ2n) is 6.63. The highest BCUT2D eigenvalue weighted by Gasteiger charge is 2.08. The largest absolute Gasteiger partial charge is 0.497 e. The number of carbonyl (C=O) groups excluding carboxylic acids is 1. The van der Waals surface area contributed by atoms with E-state index in [0.717, 1.165) is 22.6 Å². The summed E-state index contributed by atoms with van der Waals surface area (Å²) in [5.41, 5.74) is 2.70. The molecule has 0 aliphatic carbocycles. The second kappa shape index (κ2) is 10.8. The number of methoxy groups -OCH3 is 2. The lowest BCUT2D eigenvalue weighted by Gasteiger charge is -2.11. The van der Waals surface area contributed by atoms with Crippen molar-refractivity contribution in [2.75, 3.05) is 34.0 Å². The number of rotatable bonds is 10. The summed E-state index contributed by atoms with van der Waals surface area (Å²) in [6.07, 6.45) is 0. The van der Waals surface area contributed by atoms with E-state index in [2.05, 4.69) is 15.5 Å². The van der Waals surface area contributed by atoms with Crippen molar-refractivity contribution in [1.82, 2.24) is 15.5 Å². The van der Waals surface area contributed by atoms with Gasteiger partial charge in [0, 0.05) is 11.6 Å². The monoisotopic (exact) mass is 423 g/mol. The van der Waals surface area contributed by atoms with Gasteiger partial charge in [0.05, 0.1) is 26.5 Å². The molecule has 2 aromatic carbocycles. The van der Waals surface area contributed by atoms with Gasteiger partial charge in [-0.1, -0.05) is 6.07 Å². The number of carbonyl (C=O) groups is 1. The first-order valence-electron chi connectivity index (χ1n) is 9.74. The lowest BCUT2D eigenvalue weighted by molar-refractivity contribution is -0.123. The molecule has 1 heterocycles. The third-order valence-corrected chi connectivity index (χ3v) is 4.38. The van der Waals surface area contributed by atoms with Gasteiger partial charge in [-0.15, -0.1) is 10.2 Å². The number of nitrogens with zero attached hydrogens (tertiary/aromatic N) is 2. The highest BCUT2D eigenvalue weighted by atomic mass is 16.5. The topological polar surface area (TPSA) is 91.8 Å². The van der Waals surface area contributed by atoms with E-state index < -0.39 is 0 Å². The molecular weight excluding hydrogens is 398 g/mol. The maximum Gasteiger partial charge on any atom is 0.258 e. The molecule has 0 radical (unpaired) electrons. The predicted molar refractivity (Wildman–Crippen MR) is 116 cm³/mol. The SMILES string of the molecule is COc1ccc(-c2ccc(OCCNC(=O)COc3ccc(C)cc3OC)nn2)cc1. The van der Waals surface area contributed by atoms with Crippen LogP contribution in [0.25, 0.3) is 11.3 Å². The summed E-state index contributed by atoms with van der Waals surface area (Å²) in [6.45, 7) is 2.41. The number of ether oxygens (including phenoxy) is 4. The molecule has 0 fully saturated rings. The zero-order chi connectivity index (χ0) is 22.1. The fourth-order valence-corrected chi connectivity index (χ4v) is 2.75. The maximum absolute atomic E-state index is 12.0. The zero-order valence-corrected chi connectivity index (χ0v) is 17.8. The normalized spacial score (nSPS) is 10.3. The van der Waals surface area contributed by atoms with Gasteiger partial charge in [-0.2, -0.15) is 0 Å². The number of benzene rings is 2. The summed E-state index contributed by atoms with van der Waals surface area (Å²) in [5.74, 6) is 2.01. The number of aromatic nitrogens is 2. The molecule has 0 bridgehead atoms. The Bertz CT molecular complexity index is 991. The van der Waals surface area contributed by atoms with Crippen LogP contribution in [-0.4, -0.2) is 50.1 Å². The van der Waals surface area contributed by atoms with E-state index in [1.54, 1.807) is 26.4 Å². The first-order chi connectivity index (χ1) is 15.1. The third-order valence-electron chi connectivity index (χ3n) is 4.38. The highest BCUT2D eigenvalue weighted by Crippen LogP contribution is 2.27. The Labute approximate surface area is 181 Å². The van der Waals surface area contributed by atoms with Crippen LogP contribution in [0.3, 0.4) is 0 Å². The zero-order valence-electron chi connectivity index (χ0n) is 17.8. The van der Waals surface area contributed by atoms with E-state index in [-0.39, 0.29) is 19.1 Å². The number of hydrogen-bond donors (Lipinski definition) is 1. The Morgan fingerprint density at radius 3 is 2.39 bits per heavy atom. The maximum atomic E-state index is 12.0. The Balaban J connectivity index is 1.39. The number of hydrogen-bond acceptors (Lipinski definition) is 7. The number of nitrogens with one attached hydrogen (secondary N) is 1. The van der Waals surface area contributed by atoms with Gasteiger partial charge in [-0.3, -0.25) is 4.79 Å². The van der Waals surface area contributed by atoms with E-state index in [1.807, 2.05) is 49.4 Å². The predicted octanol–water partition coefficient (Wildman–Crippen LogP) is 3.04. The average Bonchev–Trinajstić information content (AvgIpc) is 2.81. The summed E-state index contributed by atoms with van der Waals surface area (Å²) in [4.78, 5) is 12.0. The van der Waals surface area contributed by atoms with Gasteiger partial charge >= 0.3 is 0 Å². The van der Waals surface area contributed by atoms with Crippen molar-refractivity contribution in [3.63, 3.8) is 0 Å². The first-order valence-corrected chi connectivity index (χ1v) is 9.74. The van der Waals surface area contributed by atoms with Crippen molar-refractivity contribution in [3.8, 4) is 34.4 Å². The lowest BCUT2D eigenvalue weighted by Crippen LogP contribution is -2.32. The molecule has 1 aromatic heterocycles. The molecule has 0 saturated carbocycles. The Morgan fingerprint density at radius 2 is 1.71 bits per heavy atom. The van der Waals surface area contributed by atoms with E-state index >= 15 is 0 Å². The second-order valence-corrected chi connectivity index (χ2v) is 6.63. The molecule has 162 valence electrons. The lowest BCUT2D eigenvalue weighted by atomic mass is 10.1. The van der Waals surface area contributed by atoms with Crippen LogP contribution in [0.2, 0.25) is 0 Å². The molecule has 0 unspecified atom stereocenters. The van der Waals surface area contributed by atoms with Crippen molar-refractivity contribution >= 4 is 5.91 Å². The fourth-order valence-electron chi connectivity index (χ4n) is 2.75. The van der Waals surface area contributed by atoms with Crippen LogP contribution in [0.4, 0.5) is 0 Å². The minimum atomic E-state index is -0.257. The molecule has 1 amide bonds. The smallest absolute Gasteiger partial charge is 0.258 e. The van der Waals surface area contributed by atoms with E-state index in [9.17, 15) is 4.79 Å². The van der Waals surface area contributed by atoms with Gasteiger partial charge < -0.3 is 24.3 Å².